The number of nitrogens with zero attached hydrogens (tertiary/aromatic N) is 1. The molecule has 0 radical (unpaired) electrons. The number of hydrogen-bond acceptors (Lipinski definition) is 4. The molecule has 1 unspecified atom stereocenters. The topological polar surface area (TPSA) is 88.5 Å². The first kappa shape index (κ1) is 17.5. The number of amides is 1. The molecule has 0 aliphatic heterocycles. The molecule has 126 valence electrons. The zero-order chi connectivity index (χ0) is 17.4. The number of pyridine rings is 1. The molecule has 0 bridgehead atoms. The molecule has 1 aromatic carbocycles. The van der Waals surface area contributed by atoms with Gasteiger partial charge in [-0.15, -0.1) is 0 Å². The summed E-state index contributed by atoms with van der Waals surface area (Å²) < 4.78 is 5.65. The van der Waals surface area contributed by atoms with Crippen LogP contribution in [0, 0.1) is 0 Å². The van der Waals surface area contributed by atoms with Gasteiger partial charge in [-0.05, 0) is 55.3 Å². The van der Waals surface area contributed by atoms with Crippen LogP contribution in [0.1, 0.15) is 35.7 Å². The molecule has 6 heteroatoms. The summed E-state index contributed by atoms with van der Waals surface area (Å²) in [6.45, 7) is 2.22. The van der Waals surface area contributed by atoms with Gasteiger partial charge in [-0.25, -0.2) is 0 Å². The third kappa shape index (κ3) is 5.72. The summed E-state index contributed by atoms with van der Waals surface area (Å²) in [5, 5.41) is 11.4. The molecular weight excluding hydrogens is 308 g/mol. The minimum Gasteiger partial charge on any atom is -0.489 e. The Morgan fingerprint density at radius 3 is 2.46 bits per heavy atom. The second-order valence-corrected chi connectivity index (χ2v) is 5.48. The predicted octanol–water partition coefficient (Wildman–Crippen LogP) is 2.64. The Balaban J connectivity index is 1.84. The quantitative estimate of drug-likeness (QED) is 0.778. The van der Waals surface area contributed by atoms with Crippen LogP contribution in [0.2, 0.25) is 0 Å². The van der Waals surface area contributed by atoms with Gasteiger partial charge in [0, 0.05) is 30.4 Å². The molecule has 0 aliphatic rings. The monoisotopic (exact) mass is 328 g/mol. The molecule has 1 amide bonds. The summed E-state index contributed by atoms with van der Waals surface area (Å²) in [5.74, 6) is -0.428. The number of aliphatic carboxylic acids is 1. The highest BCUT2D eigenvalue weighted by Gasteiger charge is 2.11. The van der Waals surface area contributed by atoms with Gasteiger partial charge in [0.1, 0.15) is 12.4 Å². The van der Waals surface area contributed by atoms with E-state index in [-0.39, 0.29) is 18.4 Å². The normalized spacial score (nSPS) is 11.5. The van der Waals surface area contributed by atoms with E-state index in [2.05, 4.69) is 10.3 Å². The Kier molecular flexibility index (Phi) is 6.31. The van der Waals surface area contributed by atoms with Crippen LogP contribution >= 0.6 is 0 Å². The first-order chi connectivity index (χ1) is 11.5. The minimum atomic E-state index is -0.869. The first-order valence-electron chi connectivity index (χ1n) is 7.69. The molecule has 1 heterocycles. The summed E-state index contributed by atoms with van der Waals surface area (Å²) in [6.07, 6.45) is 3.84. The summed E-state index contributed by atoms with van der Waals surface area (Å²) in [5.41, 5.74) is 1.52. The number of hydrogen-bond donors (Lipinski definition) is 2. The number of rotatable bonds is 8. The van der Waals surface area contributed by atoms with Crippen LogP contribution in [0.25, 0.3) is 0 Å². The van der Waals surface area contributed by atoms with Gasteiger partial charge < -0.3 is 15.2 Å². The van der Waals surface area contributed by atoms with E-state index in [9.17, 15) is 9.59 Å². The third-order valence-corrected chi connectivity index (χ3v) is 3.44. The van der Waals surface area contributed by atoms with Crippen molar-refractivity contribution in [3.63, 3.8) is 0 Å². The Hall–Kier alpha value is -2.89. The molecule has 0 saturated carbocycles. The molecule has 1 atom stereocenters. The second-order valence-electron chi connectivity index (χ2n) is 5.48. The maximum absolute atomic E-state index is 12.1. The van der Waals surface area contributed by atoms with Crippen molar-refractivity contribution in [2.45, 2.75) is 32.4 Å². The van der Waals surface area contributed by atoms with Gasteiger partial charge in [0.25, 0.3) is 5.91 Å². The van der Waals surface area contributed by atoms with Crippen LogP contribution in [-0.2, 0) is 11.4 Å². The Labute approximate surface area is 140 Å². The number of carbonyl (C=O) groups excluding carboxylic acids is 1. The number of aromatic nitrogens is 1. The molecule has 2 aromatic rings. The van der Waals surface area contributed by atoms with Gasteiger partial charge in [-0.1, -0.05) is 0 Å². The van der Waals surface area contributed by atoms with Gasteiger partial charge in [-0.3, -0.25) is 14.6 Å². The average molecular weight is 328 g/mol. The second kappa shape index (κ2) is 8.67. The Morgan fingerprint density at radius 1 is 1.17 bits per heavy atom. The Bertz CT molecular complexity index is 671. The van der Waals surface area contributed by atoms with Crippen molar-refractivity contribution in [2.24, 2.45) is 0 Å². The zero-order valence-corrected chi connectivity index (χ0v) is 13.4. The van der Waals surface area contributed by atoms with Crippen LogP contribution in [-0.4, -0.2) is 28.0 Å². The lowest BCUT2D eigenvalue weighted by molar-refractivity contribution is -0.137. The smallest absolute Gasteiger partial charge is 0.303 e. The Morgan fingerprint density at radius 2 is 1.83 bits per heavy atom. The van der Waals surface area contributed by atoms with Gasteiger partial charge in [0.05, 0.1) is 0 Å². The highest BCUT2D eigenvalue weighted by molar-refractivity contribution is 5.94. The molecule has 24 heavy (non-hydrogen) atoms. The number of carboxylic acids is 1. The van der Waals surface area contributed by atoms with E-state index >= 15 is 0 Å². The first-order valence-corrected chi connectivity index (χ1v) is 7.69. The fourth-order valence-corrected chi connectivity index (χ4v) is 2.07. The molecule has 6 nitrogen and oxygen atoms in total. The number of nitrogens with one attached hydrogen (secondary N) is 1. The van der Waals surface area contributed by atoms with Crippen LogP contribution in [0.15, 0.2) is 48.8 Å². The van der Waals surface area contributed by atoms with Crippen molar-refractivity contribution >= 4 is 11.9 Å². The van der Waals surface area contributed by atoms with E-state index in [1.165, 1.54) is 0 Å². The summed E-state index contributed by atoms with van der Waals surface area (Å²) in [4.78, 5) is 26.6. The van der Waals surface area contributed by atoms with E-state index in [0.717, 1.165) is 5.56 Å². The van der Waals surface area contributed by atoms with Gasteiger partial charge >= 0.3 is 5.97 Å². The molecule has 0 aliphatic carbocycles. The van der Waals surface area contributed by atoms with Crippen molar-refractivity contribution in [2.75, 3.05) is 0 Å². The molecule has 1 aromatic heterocycles. The minimum absolute atomic E-state index is 0.0310. The van der Waals surface area contributed by atoms with Crippen LogP contribution < -0.4 is 10.1 Å². The zero-order valence-electron chi connectivity index (χ0n) is 13.4. The number of carboxylic acid groups (broad SMARTS) is 1. The highest BCUT2D eigenvalue weighted by atomic mass is 16.5. The third-order valence-electron chi connectivity index (χ3n) is 3.44. The van der Waals surface area contributed by atoms with Crippen LogP contribution in [0.5, 0.6) is 5.75 Å². The molecule has 0 spiro atoms. The van der Waals surface area contributed by atoms with Crippen LogP contribution in [0.4, 0.5) is 0 Å². The van der Waals surface area contributed by atoms with E-state index in [1.807, 2.05) is 12.1 Å². The van der Waals surface area contributed by atoms with Crippen molar-refractivity contribution < 1.29 is 19.4 Å². The molecule has 2 N–H and O–H groups in total. The summed E-state index contributed by atoms with van der Waals surface area (Å²) >= 11 is 0. The summed E-state index contributed by atoms with van der Waals surface area (Å²) in [7, 11) is 0. The van der Waals surface area contributed by atoms with Crippen molar-refractivity contribution in [3.8, 4) is 5.75 Å². The summed E-state index contributed by atoms with van der Waals surface area (Å²) in [6, 6.07) is 10.4. The SMILES string of the molecule is CC(CCC(=O)O)NC(=O)c1ccc(OCc2ccncc2)cc1. The van der Waals surface area contributed by atoms with Crippen LogP contribution in [0.3, 0.4) is 0 Å². The lowest BCUT2D eigenvalue weighted by Crippen LogP contribution is -2.32. The largest absolute Gasteiger partial charge is 0.489 e. The predicted molar refractivity (Wildman–Crippen MR) is 88.8 cm³/mol. The van der Waals surface area contributed by atoms with E-state index in [0.29, 0.717) is 24.3 Å². The van der Waals surface area contributed by atoms with E-state index < -0.39 is 5.97 Å². The molecular formula is C18H20N2O4. The molecule has 0 fully saturated rings. The van der Waals surface area contributed by atoms with Crippen molar-refractivity contribution in [1.29, 1.82) is 0 Å². The van der Waals surface area contributed by atoms with Gasteiger partial charge in [-0.2, -0.15) is 0 Å². The van der Waals surface area contributed by atoms with Gasteiger partial charge in [0.2, 0.25) is 0 Å². The molecule has 2 rings (SSSR count). The molecule has 0 saturated heterocycles. The van der Waals surface area contributed by atoms with Crippen molar-refractivity contribution in [1.82, 2.24) is 10.3 Å². The lowest BCUT2D eigenvalue weighted by atomic mass is 10.1. The number of ether oxygens (including phenoxy) is 1. The van der Waals surface area contributed by atoms with Gasteiger partial charge in [0.15, 0.2) is 0 Å². The lowest BCUT2D eigenvalue weighted by Gasteiger charge is -2.13. The number of carbonyl (C=O) groups is 2. The maximum Gasteiger partial charge on any atom is 0.303 e. The standard InChI is InChI=1S/C18H20N2O4/c1-13(2-7-17(21)22)20-18(23)15-3-5-16(6-4-15)24-12-14-8-10-19-11-9-14/h3-6,8-11,13H,2,7,12H2,1H3,(H,20,23)(H,21,22). The number of benzene rings is 1. The fourth-order valence-electron chi connectivity index (χ4n) is 2.07. The average Bonchev–Trinajstić information content (AvgIpc) is 2.59. The van der Waals surface area contributed by atoms with E-state index in [1.54, 1.807) is 43.6 Å². The highest BCUT2D eigenvalue weighted by Crippen LogP contribution is 2.14. The fraction of sp³-hybridized carbons (Fsp3) is 0.278. The van der Waals surface area contributed by atoms with Crippen molar-refractivity contribution in [3.05, 3.63) is 59.9 Å². The van der Waals surface area contributed by atoms with E-state index in [4.69, 9.17) is 9.84 Å². The maximum atomic E-state index is 12.1.